The van der Waals surface area contributed by atoms with Gasteiger partial charge in [0, 0.05) is 13.6 Å². The second-order valence-electron chi connectivity index (χ2n) is 4.02. The zero-order valence-electron chi connectivity index (χ0n) is 10.8. The molecule has 0 aliphatic rings. The molecular formula is C14H18N4. The van der Waals surface area contributed by atoms with Gasteiger partial charge in [-0.25, -0.2) is 4.98 Å². The molecule has 0 unspecified atom stereocenters. The molecule has 0 saturated heterocycles. The van der Waals surface area contributed by atoms with Crippen molar-refractivity contribution in [1.29, 1.82) is 0 Å². The lowest BCUT2D eigenvalue weighted by molar-refractivity contribution is 1.03. The summed E-state index contributed by atoms with van der Waals surface area (Å²) < 4.78 is 0. The second-order valence-corrected chi connectivity index (χ2v) is 4.02. The maximum absolute atomic E-state index is 4.38. The fraction of sp³-hybridized carbons (Fsp3) is 0.286. The molecule has 1 heterocycles. The third-order valence-electron chi connectivity index (χ3n) is 2.85. The first-order chi connectivity index (χ1) is 8.83. The zero-order valence-corrected chi connectivity index (χ0v) is 10.8. The zero-order chi connectivity index (χ0) is 12.8. The highest BCUT2D eigenvalue weighted by atomic mass is 15.1. The molecule has 0 bridgehead atoms. The number of nitrogens with zero attached hydrogens (tertiary/aromatic N) is 2. The molecule has 0 saturated carbocycles. The average Bonchev–Trinajstić information content (AvgIpc) is 2.45. The molecular weight excluding hydrogens is 224 g/mol. The summed E-state index contributed by atoms with van der Waals surface area (Å²) in [5, 5.41) is 6.27. The first-order valence-electron chi connectivity index (χ1n) is 6.14. The average molecular weight is 242 g/mol. The van der Waals surface area contributed by atoms with Crippen molar-refractivity contribution in [1.82, 2.24) is 9.97 Å². The number of aryl methyl sites for hydroxylation is 1. The van der Waals surface area contributed by atoms with Crippen LogP contribution in [-0.2, 0) is 13.0 Å². The number of hydrogen-bond acceptors (Lipinski definition) is 4. The number of aromatic nitrogens is 2. The summed E-state index contributed by atoms with van der Waals surface area (Å²) in [6.45, 7) is 2.94. The molecule has 18 heavy (non-hydrogen) atoms. The third kappa shape index (κ3) is 2.97. The van der Waals surface area contributed by atoms with E-state index in [-0.39, 0.29) is 0 Å². The van der Waals surface area contributed by atoms with E-state index in [9.17, 15) is 0 Å². The van der Waals surface area contributed by atoms with Crippen LogP contribution in [0, 0.1) is 0 Å². The van der Waals surface area contributed by atoms with Gasteiger partial charge >= 0.3 is 0 Å². The van der Waals surface area contributed by atoms with Gasteiger partial charge in [0.15, 0.2) is 0 Å². The lowest BCUT2D eigenvalue weighted by Crippen LogP contribution is -2.05. The van der Waals surface area contributed by atoms with Crippen LogP contribution in [0.3, 0.4) is 0 Å². The van der Waals surface area contributed by atoms with E-state index in [4.69, 9.17) is 0 Å². The van der Waals surface area contributed by atoms with Crippen LogP contribution >= 0.6 is 0 Å². The van der Waals surface area contributed by atoms with Crippen molar-refractivity contribution in [3.63, 3.8) is 0 Å². The Morgan fingerprint density at radius 3 is 2.50 bits per heavy atom. The van der Waals surface area contributed by atoms with Crippen molar-refractivity contribution in [3.05, 3.63) is 47.8 Å². The lowest BCUT2D eigenvalue weighted by Gasteiger charge is -2.10. The van der Waals surface area contributed by atoms with E-state index in [2.05, 4.69) is 51.8 Å². The van der Waals surface area contributed by atoms with E-state index in [1.165, 1.54) is 11.1 Å². The van der Waals surface area contributed by atoms with E-state index in [1.54, 1.807) is 12.4 Å². The molecule has 0 aliphatic heterocycles. The Bertz CT molecular complexity index is 511. The van der Waals surface area contributed by atoms with Crippen molar-refractivity contribution >= 4 is 11.6 Å². The molecule has 0 spiro atoms. The Hall–Kier alpha value is -2.10. The molecule has 0 radical (unpaired) electrons. The van der Waals surface area contributed by atoms with Gasteiger partial charge in [0.2, 0.25) is 0 Å². The van der Waals surface area contributed by atoms with Crippen molar-refractivity contribution in [3.8, 4) is 0 Å². The molecule has 94 valence electrons. The third-order valence-corrected chi connectivity index (χ3v) is 2.85. The summed E-state index contributed by atoms with van der Waals surface area (Å²) in [7, 11) is 1.83. The monoisotopic (exact) mass is 242 g/mol. The Morgan fingerprint density at radius 1 is 1.06 bits per heavy atom. The Morgan fingerprint density at radius 2 is 1.78 bits per heavy atom. The molecule has 2 N–H and O–H groups in total. The molecule has 0 fully saturated rings. The van der Waals surface area contributed by atoms with Gasteiger partial charge in [0.1, 0.15) is 11.6 Å². The van der Waals surface area contributed by atoms with Crippen LogP contribution in [0.15, 0.2) is 36.7 Å². The lowest BCUT2D eigenvalue weighted by atomic mass is 10.1. The number of hydrogen-bond donors (Lipinski definition) is 2. The molecule has 4 nitrogen and oxygen atoms in total. The van der Waals surface area contributed by atoms with Crippen LogP contribution in [0.25, 0.3) is 0 Å². The predicted octanol–water partition coefficient (Wildman–Crippen LogP) is 2.69. The molecule has 1 aromatic carbocycles. The number of anilines is 2. The number of nitrogens with one attached hydrogen (secondary N) is 2. The van der Waals surface area contributed by atoms with Crippen LogP contribution in [-0.4, -0.2) is 17.0 Å². The Kier molecular flexibility index (Phi) is 4.12. The summed E-state index contributed by atoms with van der Waals surface area (Å²) in [5.41, 5.74) is 2.67. The van der Waals surface area contributed by atoms with Crippen molar-refractivity contribution in [2.45, 2.75) is 19.9 Å². The fourth-order valence-electron chi connectivity index (χ4n) is 1.83. The van der Waals surface area contributed by atoms with E-state index in [0.717, 1.165) is 24.6 Å². The largest absolute Gasteiger partial charge is 0.372 e. The van der Waals surface area contributed by atoms with Crippen molar-refractivity contribution < 1.29 is 0 Å². The standard InChI is InChI=1S/C14H18N4/c1-3-11-6-4-5-7-12(11)8-17-14-10-16-9-13(15-2)18-14/h4-7,9-10H,3,8H2,1-2H3,(H2,15,17,18). The van der Waals surface area contributed by atoms with E-state index in [1.807, 2.05) is 7.05 Å². The van der Waals surface area contributed by atoms with Gasteiger partial charge in [-0.1, -0.05) is 31.2 Å². The fourth-order valence-corrected chi connectivity index (χ4v) is 1.83. The van der Waals surface area contributed by atoms with Gasteiger partial charge in [-0.3, -0.25) is 4.98 Å². The van der Waals surface area contributed by atoms with Gasteiger partial charge in [-0.15, -0.1) is 0 Å². The minimum absolute atomic E-state index is 0.767. The quantitative estimate of drug-likeness (QED) is 0.846. The second kappa shape index (κ2) is 6.00. The van der Waals surface area contributed by atoms with Crippen molar-refractivity contribution in [2.75, 3.05) is 17.7 Å². The van der Waals surface area contributed by atoms with Gasteiger partial charge in [-0.2, -0.15) is 0 Å². The smallest absolute Gasteiger partial charge is 0.147 e. The highest BCUT2D eigenvalue weighted by Gasteiger charge is 2.01. The molecule has 0 atom stereocenters. The van der Waals surface area contributed by atoms with Crippen LogP contribution in [0.4, 0.5) is 11.6 Å². The molecule has 4 heteroatoms. The maximum Gasteiger partial charge on any atom is 0.147 e. The summed E-state index contributed by atoms with van der Waals surface area (Å²) in [6, 6.07) is 8.43. The van der Waals surface area contributed by atoms with Gasteiger partial charge < -0.3 is 10.6 Å². The maximum atomic E-state index is 4.38. The minimum Gasteiger partial charge on any atom is -0.372 e. The van der Waals surface area contributed by atoms with Gasteiger partial charge in [0.05, 0.1) is 12.4 Å². The molecule has 0 aliphatic carbocycles. The SMILES string of the molecule is CCc1ccccc1CNc1cncc(NC)n1. The summed E-state index contributed by atoms with van der Waals surface area (Å²) in [6.07, 6.45) is 4.47. The van der Waals surface area contributed by atoms with Crippen LogP contribution in [0.1, 0.15) is 18.1 Å². The molecule has 0 amide bonds. The van der Waals surface area contributed by atoms with E-state index < -0.39 is 0 Å². The normalized spacial score (nSPS) is 10.1. The van der Waals surface area contributed by atoms with Gasteiger partial charge in [-0.05, 0) is 17.5 Å². The Balaban J connectivity index is 2.06. The van der Waals surface area contributed by atoms with Crippen LogP contribution < -0.4 is 10.6 Å². The Labute approximate surface area is 107 Å². The first kappa shape index (κ1) is 12.4. The summed E-state index contributed by atoms with van der Waals surface area (Å²) in [5.74, 6) is 1.55. The van der Waals surface area contributed by atoms with Gasteiger partial charge in [0.25, 0.3) is 0 Å². The minimum atomic E-state index is 0.767. The highest BCUT2D eigenvalue weighted by Crippen LogP contribution is 2.12. The van der Waals surface area contributed by atoms with E-state index in [0.29, 0.717) is 0 Å². The number of rotatable bonds is 5. The first-order valence-corrected chi connectivity index (χ1v) is 6.14. The number of benzene rings is 1. The molecule has 1 aromatic heterocycles. The molecule has 2 aromatic rings. The highest BCUT2D eigenvalue weighted by molar-refractivity contribution is 5.42. The van der Waals surface area contributed by atoms with E-state index >= 15 is 0 Å². The van der Waals surface area contributed by atoms with Crippen LogP contribution in [0.5, 0.6) is 0 Å². The van der Waals surface area contributed by atoms with Crippen molar-refractivity contribution in [2.24, 2.45) is 0 Å². The van der Waals surface area contributed by atoms with Crippen LogP contribution in [0.2, 0.25) is 0 Å². The predicted molar refractivity (Wildman–Crippen MR) is 74.7 cm³/mol. The summed E-state index contributed by atoms with van der Waals surface area (Å²) in [4.78, 5) is 8.50. The topological polar surface area (TPSA) is 49.8 Å². The summed E-state index contributed by atoms with van der Waals surface area (Å²) >= 11 is 0. The molecule has 2 rings (SSSR count).